The first-order chi connectivity index (χ1) is 19.5. The average Bonchev–Trinajstić information content (AvgIpc) is 2.93. The quantitative estimate of drug-likeness (QED) is 0.351. The summed E-state index contributed by atoms with van der Waals surface area (Å²) < 4.78 is 45.8. The fourth-order valence-electron chi connectivity index (χ4n) is 5.70. The van der Waals surface area contributed by atoms with Crippen LogP contribution in [0, 0.1) is 32.1 Å². The van der Waals surface area contributed by atoms with E-state index in [1.807, 2.05) is 57.2 Å². The number of benzene rings is 3. The Morgan fingerprint density at radius 2 is 1.68 bits per heavy atom. The number of carbonyl (C=O) groups excluding carboxylic acids is 1. The lowest BCUT2D eigenvalue weighted by atomic mass is 9.73. The van der Waals surface area contributed by atoms with Gasteiger partial charge in [-0.05, 0) is 86.7 Å². The Kier molecular flexibility index (Phi) is 7.39. The molecule has 1 unspecified atom stereocenters. The number of ether oxygens (including phenoxy) is 1. The van der Waals surface area contributed by atoms with E-state index in [9.17, 15) is 23.2 Å². The Morgan fingerprint density at radius 1 is 1.00 bits per heavy atom. The number of hydrogen-bond donors (Lipinski definition) is 1. The molecule has 8 heteroatoms. The van der Waals surface area contributed by atoms with E-state index in [4.69, 9.17) is 10.5 Å². The number of halogens is 3. The van der Waals surface area contributed by atoms with Crippen LogP contribution in [0.3, 0.4) is 0 Å². The molecule has 0 fully saturated rings. The van der Waals surface area contributed by atoms with Gasteiger partial charge in [-0.15, -0.1) is 0 Å². The predicted octanol–water partition coefficient (Wildman–Crippen LogP) is 7.51. The van der Waals surface area contributed by atoms with Crippen LogP contribution in [-0.4, -0.2) is 5.78 Å². The van der Waals surface area contributed by atoms with Crippen LogP contribution in [0.4, 0.5) is 18.9 Å². The lowest BCUT2D eigenvalue weighted by Gasteiger charge is -2.40. The standard InChI is InChI=1S/C33H30F3N3O2/c1-19-7-13-25(14-8-19)41-18-22-15-20(2)16-26(21(22)3)30-27(17-37)32(38)39(28-5-4-6-29(40)31(28)30)24-11-9-23(10-12-24)33(34,35)36/h7-16,30H,4-6,18,38H2,1-3H3. The summed E-state index contributed by atoms with van der Waals surface area (Å²) in [5.41, 5.74) is 12.2. The summed E-state index contributed by atoms with van der Waals surface area (Å²) >= 11 is 0. The lowest BCUT2D eigenvalue weighted by molar-refractivity contribution is -0.137. The van der Waals surface area contributed by atoms with Crippen molar-refractivity contribution in [3.05, 3.63) is 117 Å². The average molecular weight is 558 g/mol. The van der Waals surface area contributed by atoms with Crippen molar-refractivity contribution in [3.63, 3.8) is 0 Å². The number of alkyl halides is 3. The number of ketones is 1. The summed E-state index contributed by atoms with van der Waals surface area (Å²) in [6.45, 7) is 6.20. The minimum Gasteiger partial charge on any atom is -0.489 e. The first kappa shape index (κ1) is 28.0. The van der Waals surface area contributed by atoms with Gasteiger partial charge in [0.2, 0.25) is 0 Å². The molecule has 0 aromatic heterocycles. The van der Waals surface area contributed by atoms with Gasteiger partial charge in [-0.25, -0.2) is 0 Å². The van der Waals surface area contributed by atoms with Crippen LogP contribution in [0.1, 0.15) is 58.6 Å². The molecule has 41 heavy (non-hydrogen) atoms. The summed E-state index contributed by atoms with van der Waals surface area (Å²) in [7, 11) is 0. The number of rotatable bonds is 5. The fraction of sp³-hybridized carbons (Fsp3) is 0.273. The van der Waals surface area contributed by atoms with Crippen LogP contribution in [-0.2, 0) is 17.6 Å². The number of nitrogens with zero attached hydrogens (tertiary/aromatic N) is 2. The van der Waals surface area contributed by atoms with Gasteiger partial charge in [-0.2, -0.15) is 18.4 Å². The fourth-order valence-corrected chi connectivity index (χ4v) is 5.70. The SMILES string of the molecule is Cc1ccc(OCc2cc(C)cc(C3C(C#N)=C(N)N(c4ccc(C(F)(F)F)cc4)C4=C3C(=O)CCC4)c2C)cc1. The van der Waals surface area contributed by atoms with Crippen LogP contribution in [0.15, 0.2) is 83.3 Å². The maximum Gasteiger partial charge on any atom is 0.416 e. The van der Waals surface area contributed by atoms with E-state index in [1.165, 1.54) is 12.1 Å². The molecular formula is C33H30F3N3O2. The minimum atomic E-state index is -4.49. The highest BCUT2D eigenvalue weighted by molar-refractivity contribution is 6.01. The number of nitriles is 1. The molecular weight excluding hydrogens is 527 g/mol. The van der Waals surface area contributed by atoms with Gasteiger partial charge in [0.1, 0.15) is 18.2 Å². The van der Waals surface area contributed by atoms with Gasteiger partial charge in [0.05, 0.1) is 23.1 Å². The zero-order valence-corrected chi connectivity index (χ0v) is 23.1. The lowest BCUT2D eigenvalue weighted by Crippen LogP contribution is -2.39. The molecule has 210 valence electrons. The Bertz CT molecular complexity index is 1610. The Morgan fingerprint density at radius 3 is 2.32 bits per heavy atom. The van der Waals surface area contributed by atoms with Crippen LogP contribution < -0.4 is 15.4 Å². The number of anilines is 1. The summed E-state index contributed by atoms with van der Waals surface area (Å²) in [6, 6.07) is 18.6. The van der Waals surface area contributed by atoms with Crippen molar-refractivity contribution in [2.24, 2.45) is 5.73 Å². The summed E-state index contributed by atoms with van der Waals surface area (Å²) in [6.07, 6.45) is -3.08. The third kappa shape index (κ3) is 5.32. The number of Topliss-reactive ketones (excluding diaryl/α,β-unsaturated/α-hetero) is 1. The molecule has 5 rings (SSSR count). The van der Waals surface area contributed by atoms with Crippen molar-refractivity contribution in [1.29, 1.82) is 5.26 Å². The largest absolute Gasteiger partial charge is 0.489 e. The molecule has 1 heterocycles. The molecule has 0 saturated carbocycles. The molecule has 0 saturated heterocycles. The number of nitrogens with two attached hydrogens (primary N) is 1. The Labute approximate surface area is 237 Å². The minimum absolute atomic E-state index is 0.0910. The Hall–Kier alpha value is -4.51. The van der Waals surface area contributed by atoms with Gasteiger partial charge in [0.15, 0.2) is 5.78 Å². The highest BCUT2D eigenvalue weighted by Gasteiger charge is 2.41. The van der Waals surface area contributed by atoms with E-state index >= 15 is 0 Å². The van der Waals surface area contributed by atoms with Gasteiger partial charge in [-0.1, -0.05) is 35.4 Å². The molecule has 0 spiro atoms. The number of hydrogen-bond acceptors (Lipinski definition) is 5. The van der Waals surface area contributed by atoms with E-state index < -0.39 is 17.7 Å². The van der Waals surface area contributed by atoms with Crippen LogP contribution in [0.2, 0.25) is 0 Å². The van der Waals surface area contributed by atoms with Gasteiger partial charge in [-0.3, -0.25) is 9.69 Å². The third-order valence-corrected chi connectivity index (χ3v) is 7.79. The molecule has 1 atom stereocenters. The molecule has 3 aromatic rings. The van der Waals surface area contributed by atoms with Crippen LogP contribution in [0.25, 0.3) is 0 Å². The van der Waals surface area contributed by atoms with E-state index in [0.717, 1.165) is 45.7 Å². The van der Waals surface area contributed by atoms with E-state index in [-0.39, 0.29) is 17.2 Å². The van der Waals surface area contributed by atoms with Gasteiger partial charge in [0.25, 0.3) is 0 Å². The summed E-state index contributed by atoms with van der Waals surface area (Å²) in [4.78, 5) is 15.1. The van der Waals surface area contributed by atoms with E-state index in [1.54, 1.807) is 4.90 Å². The van der Waals surface area contributed by atoms with Gasteiger partial charge >= 0.3 is 6.18 Å². The topological polar surface area (TPSA) is 79.3 Å². The van der Waals surface area contributed by atoms with Crippen molar-refractivity contribution in [2.75, 3.05) is 4.90 Å². The van der Waals surface area contributed by atoms with Crippen molar-refractivity contribution in [1.82, 2.24) is 0 Å². The first-order valence-corrected chi connectivity index (χ1v) is 13.4. The summed E-state index contributed by atoms with van der Waals surface area (Å²) in [5, 5.41) is 10.4. The molecule has 0 radical (unpaired) electrons. The normalized spacial score (nSPS) is 17.4. The first-order valence-electron chi connectivity index (χ1n) is 13.4. The van der Waals surface area contributed by atoms with Crippen LogP contribution in [0.5, 0.6) is 5.75 Å². The van der Waals surface area contributed by atoms with Gasteiger partial charge < -0.3 is 10.5 Å². The number of aryl methyl sites for hydroxylation is 2. The highest BCUT2D eigenvalue weighted by Crippen LogP contribution is 2.47. The molecule has 1 aliphatic heterocycles. The molecule has 0 amide bonds. The Balaban J connectivity index is 1.61. The maximum absolute atomic E-state index is 13.5. The van der Waals surface area contributed by atoms with E-state index in [0.29, 0.717) is 42.8 Å². The predicted molar refractivity (Wildman–Crippen MR) is 151 cm³/mol. The second-order valence-electron chi connectivity index (χ2n) is 10.6. The van der Waals surface area contributed by atoms with Crippen molar-refractivity contribution in [3.8, 4) is 11.8 Å². The molecule has 3 aromatic carbocycles. The van der Waals surface area contributed by atoms with Crippen molar-refractivity contribution in [2.45, 2.75) is 58.7 Å². The van der Waals surface area contributed by atoms with Crippen LogP contribution >= 0.6 is 0 Å². The second-order valence-corrected chi connectivity index (χ2v) is 10.6. The maximum atomic E-state index is 13.5. The number of allylic oxidation sites excluding steroid dienone is 3. The molecule has 5 nitrogen and oxygen atoms in total. The number of carbonyl (C=O) groups is 1. The van der Waals surface area contributed by atoms with Gasteiger partial charge in [0, 0.05) is 23.4 Å². The zero-order chi connectivity index (χ0) is 29.5. The molecule has 1 aliphatic carbocycles. The summed E-state index contributed by atoms with van der Waals surface area (Å²) in [5.74, 6) is 0.0691. The highest BCUT2D eigenvalue weighted by atomic mass is 19.4. The van der Waals surface area contributed by atoms with Crippen molar-refractivity contribution >= 4 is 11.5 Å². The zero-order valence-electron chi connectivity index (χ0n) is 23.1. The van der Waals surface area contributed by atoms with E-state index in [2.05, 4.69) is 6.07 Å². The smallest absolute Gasteiger partial charge is 0.416 e. The monoisotopic (exact) mass is 557 g/mol. The molecule has 0 bridgehead atoms. The molecule has 2 aliphatic rings. The van der Waals surface area contributed by atoms with Crippen molar-refractivity contribution < 1.29 is 22.7 Å². The second kappa shape index (κ2) is 10.8. The molecule has 2 N–H and O–H groups in total. The third-order valence-electron chi connectivity index (χ3n) is 7.79.